The zero-order chi connectivity index (χ0) is 13.9. The number of halogens is 1. The Labute approximate surface area is 120 Å². The molecular formula is C16H11FN2S. The fourth-order valence-corrected chi connectivity index (χ4v) is 3.12. The van der Waals surface area contributed by atoms with E-state index in [0.717, 1.165) is 15.6 Å². The molecule has 1 N–H and O–H groups in total. The number of anilines is 1. The van der Waals surface area contributed by atoms with E-state index in [1.807, 2.05) is 29.6 Å². The van der Waals surface area contributed by atoms with Crippen molar-refractivity contribution >= 4 is 27.1 Å². The van der Waals surface area contributed by atoms with Gasteiger partial charge in [-0.05, 0) is 29.0 Å². The molecule has 1 aromatic heterocycles. The smallest absolute Gasteiger partial charge is 0.146 e. The van der Waals surface area contributed by atoms with Gasteiger partial charge in [-0.25, -0.2) is 4.39 Å². The first-order valence-corrected chi connectivity index (χ1v) is 7.04. The molecule has 20 heavy (non-hydrogen) atoms. The highest BCUT2D eigenvalue weighted by atomic mass is 32.1. The van der Waals surface area contributed by atoms with Crippen LogP contribution in [-0.4, -0.2) is 0 Å². The van der Waals surface area contributed by atoms with Crippen LogP contribution in [0.15, 0.2) is 53.9 Å². The quantitative estimate of drug-likeness (QED) is 0.754. The van der Waals surface area contributed by atoms with Gasteiger partial charge >= 0.3 is 0 Å². The molecule has 4 heteroatoms. The largest absolute Gasteiger partial charge is 0.364 e. The predicted octanol–water partition coefficient (Wildman–Crippen LogP) is 4.72. The van der Waals surface area contributed by atoms with Gasteiger partial charge in [0.2, 0.25) is 0 Å². The number of hydrogen-bond donors (Lipinski definition) is 1. The lowest BCUT2D eigenvalue weighted by Gasteiger charge is -2.13. The van der Waals surface area contributed by atoms with Crippen LogP contribution in [0.25, 0.3) is 10.1 Å². The molecule has 0 saturated heterocycles. The molecule has 98 valence electrons. The first kappa shape index (κ1) is 12.6. The van der Waals surface area contributed by atoms with Gasteiger partial charge in [0.1, 0.15) is 11.9 Å². The number of nitriles is 1. The summed E-state index contributed by atoms with van der Waals surface area (Å²) in [6.45, 7) is 0. The van der Waals surface area contributed by atoms with Crippen molar-refractivity contribution in [2.24, 2.45) is 0 Å². The maximum absolute atomic E-state index is 13.7. The van der Waals surface area contributed by atoms with Crippen LogP contribution in [0.2, 0.25) is 0 Å². The minimum absolute atomic E-state index is 0.342. The van der Waals surface area contributed by atoms with Gasteiger partial charge in [0, 0.05) is 10.3 Å². The van der Waals surface area contributed by atoms with Crippen molar-refractivity contribution in [3.05, 3.63) is 65.3 Å². The second-order valence-electron chi connectivity index (χ2n) is 4.37. The number of rotatable bonds is 3. The topological polar surface area (TPSA) is 35.8 Å². The summed E-state index contributed by atoms with van der Waals surface area (Å²) in [6, 6.07) is 15.9. The fourth-order valence-electron chi connectivity index (χ4n) is 2.14. The number of thiophene rings is 1. The van der Waals surface area contributed by atoms with Crippen LogP contribution in [0, 0.1) is 17.1 Å². The van der Waals surface area contributed by atoms with Crippen molar-refractivity contribution in [2.45, 2.75) is 6.04 Å². The van der Waals surface area contributed by atoms with E-state index in [9.17, 15) is 9.65 Å². The predicted molar refractivity (Wildman–Crippen MR) is 80.2 cm³/mol. The van der Waals surface area contributed by atoms with Gasteiger partial charge < -0.3 is 5.32 Å². The van der Waals surface area contributed by atoms with Gasteiger partial charge in [-0.15, -0.1) is 11.3 Å². The van der Waals surface area contributed by atoms with E-state index in [4.69, 9.17) is 0 Å². The van der Waals surface area contributed by atoms with Crippen molar-refractivity contribution in [1.29, 1.82) is 5.26 Å². The van der Waals surface area contributed by atoms with Crippen LogP contribution in [0.3, 0.4) is 0 Å². The van der Waals surface area contributed by atoms with Crippen molar-refractivity contribution in [3.63, 3.8) is 0 Å². The highest BCUT2D eigenvalue weighted by molar-refractivity contribution is 7.17. The third kappa shape index (κ3) is 2.24. The molecule has 0 saturated carbocycles. The van der Waals surface area contributed by atoms with E-state index in [0.29, 0.717) is 5.69 Å². The van der Waals surface area contributed by atoms with Gasteiger partial charge in [0.15, 0.2) is 0 Å². The van der Waals surface area contributed by atoms with Crippen molar-refractivity contribution in [3.8, 4) is 6.07 Å². The zero-order valence-corrected chi connectivity index (χ0v) is 11.3. The normalized spacial score (nSPS) is 12.0. The zero-order valence-electron chi connectivity index (χ0n) is 10.5. The Morgan fingerprint density at radius 2 is 1.85 bits per heavy atom. The minimum atomic E-state index is -0.567. The minimum Gasteiger partial charge on any atom is -0.364 e. The monoisotopic (exact) mass is 282 g/mol. The molecule has 0 fully saturated rings. The fraction of sp³-hybridized carbons (Fsp3) is 0.0625. The number of benzene rings is 2. The number of hydrogen-bond acceptors (Lipinski definition) is 3. The van der Waals surface area contributed by atoms with E-state index >= 15 is 0 Å². The van der Waals surface area contributed by atoms with Gasteiger partial charge in [0.25, 0.3) is 0 Å². The first-order chi connectivity index (χ1) is 9.79. The molecule has 0 aliphatic carbocycles. The summed E-state index contributed by atoms with van der Waals surface area (Å²) >= 11 is 1.59. The highest BCUT2D eigenvalue weighted by Gasteiger charge is 2.16. The number of para-hydroxylation sites is 1. The molecule has 0 aliphatic rings. The Hall–Kier alpha value is -2.38. The van der Waals surface area contributed by atoms with Gasteiger partial charge in [-0.3, -0.25) is 0 Å². The Morgan fingerprint density at radius 3 is 2.65 bits per heavy atom. The molecular weight excluding hydrogens is 271 g/mol. The van der Waals surface area contributed by atoms with Crippen LogP contribution >= 0.6 is 11.3 Å². The standard InChI is InChI=1S/C16H11FN2S/c17-13-6-2-3-7-14(13)19-15(9-18)12-10-20-16-8-4-1-5-11(12)16/h1-8,10,15,19H. The van der Waals surface area contributed by atoms with Crippen molar-refractivity contribution in [2.75, 3.05) is 5.32 Å². The average molecular weight is 282 g/mol. The average Bonchev–Trinajstić information content (AvgIpc) is 2.90. The lowest BCUT2D eigenvalue weighted by molar-refractivity contribution is 0.629. The summed E-state index contributed by atoms with van der Waals surface area (Å²) in [6.07, 6.45) is 0. The van der Waals surface area contributed by atoms with Crippen molar-refractivity contribution in [1.82, 2.24) is 0 Å². The molecule has 2 aromatic carbocycles. The third-order valence-electron chi connectivity index (χ3n) is 3.12. The van der Waals surface area contributed by atoms with E-state index < -0.39 is 6.04 Å². The van der Waals surface area contributed by atoms with Gasteiger partial charge in [0.05, 0.1) is 11.8 Å². The number of fused-ring (bicyclic) bond motifs is 1. The van der Waals surface area contributed by atoms with Gasteiger partial charge in [-0.2, -0.15) is 5.26 Å². The summed E-state index contributed by atoms with van der Waals surface area (Å²) in [4.78, 5) is 0. The van der Waals surface area contributed by atoms with E-state index in [1.54, 1.807) is 29.5 Å². The number of nitrogens with one attached hydrogen (secondary N) is 1. The summed E-state index contributed by atoms with van der Waals surface area (Å²) in [7, 11) is 0. The molecule has 2 nitrogen and oxygen atoms in total. The summed E-state index contributed by atoms with van der Waals surface area (Å²) in [5.74, 6) is -0.354. The molecule has 0 bridgehead atoms. The Balaban J connectivity index is 1.99. The summed E-state index contributed by atoms with van der Waals surface area (Å²) in [5, 5.41) is 15.3. The number of nitrogens with zero attached hydrogens (tertiary/aromatic N) is 1. The SMILES string of the molecule is N#CC(Nc1ccccc1F)c1csc2ccccc12. The molecule has 0 radical (unpaired) electrons. The molecule has 3 aromatic rings. The van der Waals surface area contributed by atoms with E-state index in [1.165, 1.54) is 6.07 Å². The summed E-state index contributed by atoms with van der Waals surface area (Å²) in [5.41, 5.74) is 1.23. The van der Waals surface area contributed by atoms with Crippen LogP contribution in [0.5, 0.6) is 0 Å². The molecule has 0 spiro atoms. The lowest BCUT2D eigenvalue weighted by Crippen LogP contribution is -2.09. The maximum Gasteiger partial charge on any atom is 0.146 e. The van der Waals surface area contributed by atoms with Crippen LogP contribution < -0.4 is 5.32 Å². The Morgan fingerprint density at radius 1 is 1.10 bits per heavy atom. The second-order valence-corrected chi connectivity index (χ2v) is 5.28. The maximum atomic E-state index is 13.7. The lowest BCUT2D eigenvalue weighted by atomic mass is 10.1. The molecule has 1 heterocycles. The van der Waals surface area contributed by atoms with Gasteiger partial charge in [-0.1, -0.05) is 30.3 Å². The second kappa shape index (κ2) is 5.32. The first-order valence-electron chi connectivity index (χ1n) is 6.16. The summed E-state index contributed by atoms with van der Waals surface area (Å²) < 4.78 is 14.8. The molecule has 3 rings (SSSR count). The van der Waals surface area contributed by atoms with Crippen LogP contribution in [0.1, 0.15) is 11.6 Å². The van der Waals surface area contributed by atoms with E-state index in [-0.39, 0.29) is 5.82 Å². The van der Waals surface area contributed by atoms with Crippen LogP contribution in [-0.2, 0) is 0 Å². The molecule has 1 atom stereocenters. The molecule has 1 unspecified atom stereocenters. The van der Waals surface area contributed by atoms with E-state index in [2.05, 4.69) is 11.4 Å². The van der Waals surface area contributed by atoms with Crippen molar-refractivity contribution < 1.29 is 4.39 Å². The molecule has 0 amide bonds. The molecule has 0 aliphatic heterocycles. The van der Waals surface area contributed by atoms with Crippen LogP contribution in [0.4, 0.5) is 10.1 Å². The highest BCUT2D eigenvalue weighted by Crippen LogP contribution is 2.32. The third-order valence-corrected chi connectivity index (χ3v) is 4.11. The Kier molecular flexibility index (Phi) is 3.36. The Bertz CT molecular complexity index is 788.